The Kier molecular flexibility index (Phi) is 8.36. The molecule has 0 aliphatic heterocycles. The van der Waals surface area contributed by atoms with Crippen LogP contribution in [-0.4, -0.2) is 15.0 Å². The van der Waals surface area contributed by atoms with Gasteiger partial charge in [0.15, 0.2) is 5.82 Å². The first-order valence-electron chi connectivity index (χ1n) is 11.2. The van der Waals surface area contributed by atoms with E-state index in [9.17, 15) is 0 Å². The summed E-state index contributed by atoms with van der Waals surface area (Å²) in [5, 5.41) is 0. The lowest BCUT2D eigenvalue weighted by atomic mass is 10.1. The molecule has 0 bridgehead atoms. The lowest BCUT2D eigenvalue weighted by Crippen LogP contribution is -1.93. The Morgan fingerprint density at radius 1 is 0.552 bits per heavy atom. The molecule has 0 amide bonds. The molecule has 3 rings (SSSR count). The molecule has 1 aromatic carbocycles. The summed E-state index contributed by atoms with van der Waals surface area (Å²) in [5.41, 5.74) is 5.73. The molecule has 152 valence electrons. The number of hydrogen-bond acceptors (Lipinski definition) is 3. The van der Waals surface area contributed by atoms with Gasteiger partial charge in [-0.15, -0.1) is 0 Å². The van der Waals surface area contributed by atoms with Crippen LogP contribution in [0.5, 0.6) is 0 Å². The van der Waals surface area contributed by atoms with Crippen LogP contribution in [0.3, 0.4) is 0 Å². The summed E-state index contributed by atoms with van der Waals surface area (Å²) in [5.74, 6) is 0.785. The van der Waals surface area contributed by atoms with Crippen molar-refractivity contribution in [2.75, 3.05) is 0 Å². The van der Waals surface area contributed by atoms with Crippen LogP contribution in [-0.2, 0) is 12.8 Å². The summed E-state index contributed by atoms with van der Waals surface area (Å²) >= 11 is 0. The highest BCUT2D eigenvalue weighted by Crippen LogP contribution is 2.22. The molecule has 0 spiro atoms. The predicted molar refractivity (Wildman–Crippen MR) is 122 cm³/mol. The van der Waals surface area contributed by atoms with Crippen LogP contribution in [0.2, 0.25) is 0 Å². The number of unbranched alkanes of at least 4 members (excludes halogenated alkanes) is 5. The van der Waals surface area contributed by atoms with Crippen molar-refractivity contribution >= 4 is 0 Å². The van der Waals surface area contributed by atoms with Crippen LogP contribution in [0, 0.1) is 0 Å². The smallest absolute Gasteiger partial charge is 0.159 e. The Morgan fingerprint density at radius 2 is 1.14 bits per heavy atom. The number of benzene rings is 1. The van der Waals surface area contributed by atoms with Gasteiger partial charge in [-0.05, 0) is 42.9 Å². The zero-order valence-corrected chi connectivity index (χ0v) is 17.9. The maximum absolute atomic E-state index is 4.65. The topological polar surface area (TPSA) is 38.7 Å². The van der Waals surface area contributed by atoms with Crippen LogP contribution in [0.1, 0.15) is 69.9 Å². The molecule has 29 heavy (non-hydrogen) atoms. The molecule has 0 unspecified atom stereocenters. The molecular weight excluding hydrogens is 354 g/mol. The maximum atomic E-state index is 4.65. The summed E-state index contributed by atoms with van der Waals surface area (Å²) in [6.45, 7) is 4.47. The Bertz CT molecular complexity index is 837. The Balaban J connectivity index is 1.59. The van der Waals surface area contributed by atoms with E-state index in [4.69, 9.17) is 0 Å². The van der Waals surface area contributed by atoms with Crippen LogP contribution in [0.4, 0.5) is 0 Å². The van der Waals surface area contributed by atoms with Crippen LogP contribution < -0.4 is 0 Å². The SMILES string of the molecule is CCCCCCc1cnc(-c2ccc(-c3ccc(CCCCC)cn3)cc2)nc1. The van der Waals surface area contributed by atoms with Gasteiger partial charge in [0.2, 0.25) is 0 Å². The first-order chi connectivity index (χ1) is 14.3. The third-order valence-corrected chi connectivity index (χ3v) is 5.36. The maximum Gasteiger partial charge on any atom is 0.159 e. The summed E-state index contributed by atoms with van der Waals surface area (Å²) in [4.78, 5) is 13.8. The second-order valence-corrected chi connectivity index (χ2v) is 7.81. The van der Waals surface area contributed by atoms with Crippen molar-refractivity contribution in [3.8, 4) is 22.6 Å². The highest BCUT2D eigenvalue weighted by molar-refractivity contribution is 5.65. The number of aryl methyl sites for hydroxylation is 2. The van der Waals surface area contributed by atoms with Crippen molar-refractivity contribution in [2.24, 2.45) is 0 Å². The largest absolute Gasteiger partial charge is 0.256 e. The Labute approximate surface area is 175 Å². The van der Waals surface area contributed by atoms with Crippen molar-refractivity contribution < 1.29 is 0 Å². The van der Waals surface area contributed by atoms with Crippen molar-refractivity contribution in [1.29, 1.82) is 0 Å². The van der Waals surface area contributed by atoms with Gasteiger partial charge in [-0.1, -0.05) is 76.3 Å². The molecule has 3 nitrogen and oxygen atoms in total. The van der Waals surface area contributed by atoms with E-state index in [0.29, 0.717) is 0 Å². The summed E-state index contributed by atoms with van der Waals surface area (Å²) in [6, 6.07) is 12.7. The molecule has 0 atom stereocenters. The van der Waals surface area contributed by atoms with Crippen LogP contribution in [0.15, 0.2) is 55.0 Å². The number of pyridine rings is 1. The molecule has 0 aliphatic rings. The normalized spacial score (nSPS) is 11.0. The van der Waals surface area contributed by atoms with Gasteiger partial charge in [0.1, 0.15) is 0 Å². The first kappa shape index (κ1) is 21.2. The second kappa shape index (κ2) is 11.5. The molecule has 2 aromatic heterocycles. The van der Waals surface area contributed by atoms with E-state index < -0.39 is 0 Å². The second-order valence-electron chi connectivity index (χ2n) is 7.81. The monoisotopic (exact) mass is 387 g/mol. The minimum absolute atomic E-state index is 0.785. The lowest BCUT2D eigenvalue weighted by molar-refractivity contribution is 0.665. The zero-order valence-electron chi connectivity index (χ0n) is 17.9. The van der Waals surface area contributed by atoms with Gasteiger partial charge in [0.25, 0.3) is 0 Å². The average Bonchev–Trinajstić information content (AvgIpc) is 2.78. The molecule has 0 fully saturated rings. The third kappa shape index (κ3) is 6.49. The first-order valence-corrected chi connectivity index (χ1v) is 11.2. The third-order valence-electron chi connectivity index (χ3n) is 5.36. The molecule has 0 saturated heterocycles. The number of rotatable bonds is 11. The molecule has 3 aromatic rings. The molecule has 0 radical (unpaired) electrons. The van der Waals surface area contributed by atoms with Gasteiger partial charge < -0.3 is 0 Å². The van der Waals surface area contributed by atoms with E-state index in [1.165, 1.54) is 56.1 Å². The minimum Gasteiger partial charge on any atom is -0.256 e. The van der Waals surface area contributed by atoms with Crippen LogP contribution in [0.25, 0.3) is 22.6 Å². The highest BCUT2D eigenvalue weighted by Gasteiger charge is 2.05. The van der Waals surface area contributed by atoms with Gasteiger partial charge in [-0.25, -0.2) is 9.97 Å². The van der Waals surface area contributed by atoms with Gasteiger partial charge in [-0.2, -0.15) is 0 Å². The zero-order chi connectivity index (χ0) is 20.3. The van der Waals surface area contributed by atoms with Crippen molar-refractivity contribution in [3.63, 3.8) is 0 Å². The van der Waals surface area contributed by atoms with E-state index >= 15 is 0 Å². The Hall–Kier alpha value is -2.55. The fourth-order valence-corrected chi connectivity index (χ4v) is 3.50. The van der Waals surface area contributed by atoms with Gasteiger partial charge in [-0.3, -0.25) is 4.98 Å². The van der Waals surface area contributed by atoms with Gasteiger partial charge in [0.05, 0.1) is 5.69 Å². The quantitative estimate of drug-likeness (QED) is 0.330. The molecule has 0 aliphatic carbocycles. The number of aromatic nitrogens is 3. The molecule has 0 N–H and O–H groups in total. The molecule has 0 saturated carbocycles. The van der Waals surface area contributed by atoms with Crippen molar-refractivity contribution in [2.45, 2.75) is 71.6 Å². The fourth-order valence-electron chi connectivity index (χ4n) is 3.50. The molecule has 3 heteroatoms. The van der Waals surface area contributed by atoms with E-state index in [0.717, 1.165) is 35.5 Å². The van der Waals surface area contributed by atoms with Gasteiger partial charge in [0, 0.05) is 29.7 Å². The van der Waals surface area contributed by atoms with Crippen LogP contribution >= 0.6 is 0 Å². The van der Waals surface area contributed by atoms with E-state index in [-0.39, 0.29) is 0 Å². The number of hydrogen-bond donors (Lipinski definition) is 0. The molecule has 2 heterocycles. The lowest BCUT2D eigenvalue weighted by Gasteiger charge is -2.06. The van der Waals surface area contributed by atoms with Gasteiger partial charge >= 0.3 is 0 Å². The standard InChI is InChI=1S/C26H33N3/c1-3-5-7-9-11-22-19-28-26(29-20-22)24-15-13-23(14-16-24)25-17-12-21(18-27-25)10-8-6-4-2/h12-20H,3-11H2,1-2H3. The summed E-state index contributed by atoms with van der Waals surface area (Å²) < 4.78 is 0. The van der Waals surface area contributed by atoms with E-state index in [1.807, 2.05) is 18.6 Å². The van der Waals surface area contributed by atoms with E-state index in [1.54, 1.807) is 0 Å². The Morgan fingerprint density at radius 3 is 1.79 bits per heavy atom. The fraction of sp³-hybridized carbons (Fsp3) is 0.423. The minimum atomic E-state index is 0.785. The number of nitrogens with zero attached hydrogens (tertiary/aromatic N) is 3. The predicted octanol–water partition coefficient (Wildman–Crippen LogP) is 7.06. The average molecular weight is 388 g/mol. The summed E-state index contributed by atoms with van der Waals surface area (Å²) in [6.07, 6.45) is 17.0. The molecular formula is C26H33N3. The summed E-state index contributed by atoms with van der Waals surface area (Å²) in [7, 11) is 0. The highest BCUT2D eigenvalue weighted by atomic mass is 14.9. The van der Waals surface area contributed by atoms with Crippen molar-refractivity contribution in [1.82, 2.24) is 15.0 Å². The van der Waals surface area contributed by atoms with E-state index in [2.05, 4.69) is 65.2 Å². The van der Waals surface area contributed by atoms with Crippen molar-refractivity contribution in [3.05, 3.63) is 66.1 Å².